The van der Waals surface area contributed by atoms with Crippen molar-refractivity contribution in [2.75, 3.05) is 0 Å². The van der Waals surface area contributed by atoms with Gasteiger partial charge in [0, 0.05) is 24.4 Å². The summed E-state index contributed by atoms with van der Waals surface area (Å²) in [5, 5.41) is 15.1. The zero-order chi connectivity index (χ0) is 20.6. The van der Waals surface area contributed by atoms with E-state index in [-0.39, 0.29) is 30.3 Å². The molecule has 2 amide bonds. The number of hydrogen-bond donors (Lipinski definition) is 3. The molecule has 1 saturated carbocycles. The molecule has 1 unspecified atom stereocenters. The monoisotopic (exact) mass is 416 g/mol. The van der Waals surface area contributed by atoms with Crippen LogP contribution < -0.4 is 10.6 Å². The lowest BCUT2D eigenvalue weighted by Gasteiger charge is -2.33. The first-order valence-electron chi connectivity index (χ1n) is 9.79. The molecule has 3 rings (SSSR count). The molecule has 1 atom stereocenters. The van der Waals surface area contributed by atoms with E-state index >= 15 is 0 Å². The van der Waals surface area contributed by atoms with E-state index in [1.165, 1.54) is 6.20 Å². The molecule has 1 fully saturated rings. The maximum absolute atomic E-state index is 12.5. The van der Waals surface area contributed by atoms with Gasteiger partial charge >= 0.3 is 6.09 Å². The van der Waals surface area contributed by atoms with E-state index in [2.05, 4.69) is 20.6 Å². The number of carbonyl (C=O) groups excluding carboxylic acids is 1. The fraction of sp³-hybridized carbons (Fsp3) is 0.429. The van der Waals surface area contributed by atoms with Gasteiger partial charge in [-0.2, -0.15) is 0 Å². The first kappa shape index (κ1) is 21.0. The van der Waals surface area contributed by atoms with E-state index in [9.17, 15) is 14.7 Å². The number of hydrogen-bond acceptors (Lipinski definition) is 4. The Morgan fingerprint density at radius 3 is 2.45 bits per heavy atom. The van der Waals surface area contributed by atoms with Crippen molar-refractivity contribution in [3.05, 3.63) is 59.1 Å². The zero-order valence-corrected chi connectivity index (χ0v) is 16.8. The molecule has 0 radical (unpaired) electrons. The zero-order valence-electron chi connectivity index (χ0n) is 16.1. The number of aromatic nitrogens is 2. The van der Waals surface area contributed by atoms with Crippen molar-refractivity contribution in [1.82, 2.24) is 20.6 Å². The highest BCUT2D eigenvalue weighted by Crippen LogP contribution is 2.32. The van der Waals surface area contributed by atoms with Gasteiger partial charge in [-0.15, -0.1) is 0 Å². The molecule has 1 aromatic carbocycles. The minimum absolute atomic E-state index is 0.0176. The Balaban J connectivity index is 1.52. The van der Waals surface area contributed by atoms with E-state index < -0.39 is 6.09 Å². The van der Waals surface area contributed by atoms with E-state index in [1.807, 2.05) is 30.3 Å². The smallest absolute Gasteiger partial charge is 0.404 e. The summed E-state index contributed by atoms with van der Waals surface area (Å²) in [5.41, 5.74) is 1.65. The molecule has 0 saturated heterocycles. The second-order valence-electron chi connectivity index (χ2n) is 7.37. The van der Waals surface area contributed by atoms with Crippen molar-refractivity contribution in [3.8, 4) is 0 Å². The van der Waals surface area contributed by atoms with Crippen LogP contribution in [0.2, 0.25) is 5.15 Å². The summed E-state index contributed by atoms with van der Waals surface area (Å²) < 4.78 is 0. The van der Waals surface area contributed by atoms with Crippen LogP contribution in [0.1, 0.15) is 36.9 Å². The lowest BCUT2D eigenvalue weighted by atomic mass is 9.76. The van der Waals surface area contributed by atoms with Gasteiger partial charge in [-0.1, -0.05) is 41.9 Å². The van der Waals surface area contributed by atoms with E-state index in [4.69, 9.17) is 11.6 Å². The molecule has 2 aromatic rings. The third-order valence-corrected chi connectivity index (χ3v) is 5.79. The summed E-state index contributed by atoms with van der Waals surface area (Å²) in [7, 11) is 0. The number of carboxylic acid groups (broad SMARTS) is 1. The highest BCUT2D eigenvalue weighted by Gasteiger charge is 2.31. The molecule has 1 aromatic heterocycles. The Morgan fingerprint density at radius 2 is 1.79 bits per heavy atom. The summed E-state index contributed by atoms with van der Waals surface area (Å²) in [5.74, 6) is 0.115. The molecule has 0 bridgehead atoms. The topological polar surface area (TPSA) is 104 Å². The molecular formula is C21H25ClN4O3. The van der Waals surface area contributed by atoms with Crippen LogP contribution in [0.25, 0.3) is 0 Å². The third-order valence-electron chi connectivity index (χ3n) is 5.47. The second-order valence-corrected chi connectivity index (χ2v) is 7.73. The van der Waals surface area contributed by atoms with Gasteiger partial charge in [-0.25, -0.2) is 9.78 Å². The standard InChI is InChI=1S/C21H25ClN4O3/c22-19-18(23-10-11-24-19)13-25-20(27)16-8-6-15(7-9-16)17(26-21(28)29)12-14-4-2-1-3-5-14/h1-5,10-11,15-17,26H,6-9,12-13H2,(H,25,27)(H,28,29). The van der Waals surface area contributed by atoms with Crippen LogP contribution in [0, 0.1) is 11.8 Å². The maximum atomic E-state index is 12.5. The first-order valence-corrected chi connectivity index (χ1v) is 10.2. The maximum Gasteiger partial charge on any atom is 0.404 e. The molecule has 1 aliphatic carbocycles. The van der Waals surface area contributed by atoms with Gasteiger partial charge in [0.2, 0.25) is 5.91 Å². The van der Waals surface area contributed by atoms with Crippen LogP contribution in [0.4, 0.5) is 4.79 Å². The molecule has 0 spiro atoms. The van der Waals surface area contributed by atoms with Crippen LogP contribution in [-0.2, 0) is 17.8 Å². The molecule has 1 aliphatic rings. The van der Waals surface area contributed by atoms with Crippen LogP contribution >= 0.6 is 11.6 Å². The van der Waals surface area contributed by atoms with Crippen molar-refractivity contribution < 1.29 is 14.7 Å². The van der Waals surface area contributed by atoms with Gasteiger partial charge in [0.05, 0.1) is 12.2 Å². The third kappa shape index (κ3) is 6.15. The normalized spacial score (nSPS) is 19.9. The van der Waals surface area contributed by atoms with Gasteiger partial charge in [-0.3, -0.25) is 9.78 Å². The SMILES string of the molecule is O=C(O)NC(Cc1ccccc1)C1CCC(C(=O)NCc2nccnc2Cl)CC1. The molecule has 1 heterocycles. The number of carbonyl (C=O) groups is 2. The van der Waals surface area contributed by atoms with Crippen molar-refractivity contribution in [1.29, 1.82) is 0 Å². The summed E-state index contributed by atoms with van der Waals surface area (Å²) in [6, 6.07) is 9.72. The Morgan fingerprint density at radius 1 is 1.10 bits per heavy atom. The van der Waals surface area contributed by atoms with Crippen molar-refractivity contribution in [2.24, 2.45) is 11.8 Å². The highest BCUT2D eigenvalue weighted by molar-refractivity contribution is 6.29. The minimum atomic E-state index is -1.01. The summed E-state index contributed by atoms with van der Waals surface area (Å²) >= 11 is 5.98. The molecule has 7 nitrogen and oxygen atoms in total. The largest absolute Gasteiger partial charge is 0.465 e. The van der Waals surface area contributed by atoms with Crippen molar-refractivity contribution >= 4 is 23.6 Å². The van der Waals surface area contributed by atoms with Gasteiger partial charge in [0.1, 0.15) is 0 Å². The van der Waals surface area contributed by atoms with E-state index in [0.29, 0.717) is 17.3 Å². The Hall–Kier alpha value is -2.67. The number of amides is 2. The fourth-order valence-electron chi connectivity index (χ4n) is 3.93. The fourth-order valence-corrected chi connectivity index (χ4v) is 4.10. The quantitative estimate of drug-likeness (QED) is 0.641. The predicted molar refractivity (Wildman–Crippen MR) is 109 cm³/mol. The van der Waals surface area contributed by atoms with Gasteiger partial charge in [-0.05, 0) is 43.6 Å². The molecule has 3 N–H and O–H groups in total. The Bertz CT molecular complexity index is 826. The van der Waals surface area contributed by atoms with Gasteiger partial charge < -0.3 is 15.7 Å². The minimum Gasteiger partial charge on any atom is -0.465 e. The number of nitrogens with zero attached hydrogens (tertiary/aromatic N) is 2. The average molecular weight is 417 g/mol. The van der Waals surface area contributed by atoms with Crippen LogP contribution in [0.5, 0.6) is 0 Å². The number of nitrogens with one attached hydrogen (secondary N) is 2. The van der Waals surface area contributed by atoms with Crippen LogP contribution in [-0.4, -0.2) is 33.1 Å². The predicted octanol–water partition coefficient (Wildman–Crippen LogP) is 3.43. The van der Waals surface area contributed by atoms with Crippen molar-refractivity contribution in [3.63, 3.8) is 0 Å². The Labute approximate surface area is 174 Å². The van der Waals surface area contributed by atoms with E-state index in [0.717, 1.165) is 31.2 Å². The summed E-state index contributed by atoms with van der Waals surface area (Å²) in [6.07, 6.45) is 5.77. The number of halogens is 1. The summed E-state index contributed by atoms with van der Waals surface area (Å²) in [6.45, 7) is 0.253. The molecule has 0 aliphatic heterocycles. The molecule has 29 heavy (non-hydrogen) atoms. The van der Waals surface area contributed by atoms with Crippen molar-refractivity contribution in [2.45, 2.75) is 44.7 Å². The Kier molecular flexibility index (Phi) is 7.41. The lowest BCUT2D eigenvalue weighted by molar-refractivity contribution is -0.126. The van der Waals surface area contributed by atoms with Gasteiger partial charge in [0.15, 0.2) is 5.15 Å². The number of rotatable bonds is 7. The summed E-state index contributed by atoms with van der Waals surface area (Å²) in [4.78, 5) is 31.9. The first-order chi connectivity index (χ1) is 14.0. The molecule has 154 valence electrons. The van der Waals surface area contributed by atoms with Crippen LogP contribution in [0.15, 0.2) is 42.7 Å². The second kappa shape index (κ2) is 10.2. The molecular weight excluding hydrogens is 392 g/mol. The number of benzene rings is 1. The van der Waals surface area contributed by atoms with Gasteiger partial charge in [0.25, 0.3) is 0 Å². The van der Waals surface area contributed by atoms with E-state index in [1.54, 1.807) is 6.20 Å². The lowest BCUT2D eigenvalue weighted by Crippen LogP contribution is -2.43. The average Bonchev–Trinajstić information content (AvgIpc) is 2.73. The molecule has 8 heteroatoms. The van der Waals surface area contributed by atoms with Crippen LogP contribution in [0.3, 0.4) is 0 Å². The highest BCUT2D eigenvalue weighted by atomic mass is 35.5.